The predicted octanol–water partition coefficient (Wildman–Crippen LogP) is 3.07. The lowest BCUT2D eigenvalue weighted by atomic mass is 10.2. The number of amides is 1. The number of aliphatic imine (C=N–C) groups is 1. The van der Waals surface area contributed by atoms with Crippen LogP contribution in [-0.4, -0.2) is 54.2 Å². The molecular formula is C18H33N5O2S. The summed E-state index contributed by atoms with van der Waals surface area (Å²) in [6.45, 7) is 13.0. The summed E-state index contributed by atoms with van der Waals surface area (Å²) >= 11 is 1.69. The van der Waals surface area contributed by atoms with Gasteiger partial charge < -0.3 is 20.3 Å². The first-order valence-electron chi connectivity index (χ1n) is 8.86. The maximum atomic E-state index is 12.1. The monoisotopic (exact) mass is 383 g/mol. The van der Waals surface area contributed by atoms with E-state index < -0.39 is 5.60 Å². The first-order valence-corrected chi connectivity index (χ1v) is 9.68. The Hall–Kier alpha value is -1.83. The fraction of sp³-hybridized carbons (Fsp3) is 0.722. The summed E-state index contributed by atoms with van der Waals surface area (Å²) in [5.74, 6) is 0.738. The van der Waals surface area contributed by atoms with Crippen LogP contribution in [0.25, 0.3) is 0 Å². The van der Waals surface area contributed by atoms with Crippen molar-refractivity contribution in [1.29, 1.82) is 0 Å². The van der Waals surface area contributed by atoms with Crippen molar-refractivity contribution in [2.75, 3.05) is 20.6 Å². The smallest absolute Gasteiger partial charge is 0.410 e. The zero-order valence-electron chi connectivity index (χ0n) is 17.3. The molecule has 148 valence electrons. The van der Waals surface area contributed by atoms with Gasteiger partial charge in [0.05, 0.1) is 17.2 Å². The fourth-order valence-electron chi connectivity index (χ4n) is 2.23. The molecule has 1 aromatic rings. The topological polar surface area (TPSA) is 78.9 Å². The van der Waals surface area contributed by atoms with Crippen molar-refractivity contribution >= 4 is 23.4 Å². The van der Waals surface area contributed by atoms with E-state index in [1.54, 1.807) is 30.3 Å². The molecule has 0 bridgehead atoms. The van der Waals surface area contributed by atoms with Gasteiger partial charge in [0, 0.05) is 31.6 Å². The summed E-state index contributed by atoms with van der Waals surface area (Å²) in [5.41, 5.74) is 0.575. The van der Waals surface area contributed by atoms with Crippen LogP contribution in [0.4, 0.5) is 4.79 Å². The SMILES string of the molecule is CN=C(NCCC(C)N(C)C(=O)OC(C)(C)C)NCc1sc(C)nc1C. The highest BCUT2D eigenvalue weighted by atomic mass is 32.1. The molecule has 1 aromatic heterocycles. The third-order valence-electron chi connectivity index (χ3n) is 3.84. The molecule has 0 aliphatic carbocycles. The number of carbonyl (C=O) groups excluding carboxylic acids is 1. The molecule has 2 N–H and O–H groups in total. The van der Waals surface area contributed by atoms with Gasteiger partial charge in [0.1, 0.15) is 5.60 Å². The molecule has 1 heterocycles. The van der Waals surface area contributed by atoms with Crippen molar-refractivity contribution in [3.05, 3.63) is 15.6 Å². The number of aromatic nitrogens is 1. The molecule has 8 heteroatoms. The second-order valence-corrected chi connectivity index (χ2v) is 8.61. The van der Waals surface area contributed by atoms with Crippen molar-refractivity contribution in [1.82, 2.24) is 20.5 Å². The molecule has 7 nitrogen and oxygen atoms in total. The van der Waals surface area contributed by atoms with Crippen LogP contribution in [-0.2, 0) is 11.3 Å². The Labute approximate surface area is 161 Å². The second kappa shape index (κ2) is 9.75. The molecular weight excluding hydrogens is 350 g/mol. The number of nitrogens with zero attached hydrogens (tertiary/aromatic N) is 3. The average molecular weight is 384 g/mol. The van der Waals surface area contributed by atoms with Crippen molar-refractivity contribution in [2.24, 2.45) is 4.99 Å². The molecule has 0 saturated heterocycles. The summed E-state index contributed by atoms with van der Waals surface area (Å²) in [6, 6.07) is 0.0573. The Morgan fingerprint density at radius 2 is 2.00 bits per heavy atom. The van der Waals surface area contributed by atoms with Crippen LogP contribution in [0.5, 0.6) is 0 Å². The molecule has 0 radical (unpaired) electrons. The van der Waals surface area contributed by atoms with Gasteiger partial charge in [-0.05, 0) is 48.0 Å². The van der Waals surface area contributed by atoms with E-state index in [0.29, 0.717) is 13.1 Å². The van der Waals surface area contributed by atoms with E-state index >= 15 is 0 Å². The van der Waals surface area contributed by atoms with Crippen molar-refractivity contribution in [3.8, 4) is 0 Å². The standard InChI is InChI=1S/C18H33N5O2S/c1-12(23(8)17(24)25-18(4,5)6)9-10-20-16(19-7)21-11-15-13(2)22-14(3)26-15/h12H,9-11H2,1-8H3,(H2,19,20,21). The number of carbonyl (C=O) groups is 1. The lowest BCUT2D eigenvalue weighted by molar-refractivity contribution is 0.0230. The normalized spacial score (nSPS) is 13.3. The zero-order valence-corrected chi connectivity index (χ0v) is 18.1. The Kier molecular flexibility index (Phi) is 8.33. The number of ether oxygens (including phenoxy) is 1. The molecule has 0 aliphatic heterocycles. The number of nitrogens with one attached hydrogen (secondary N) is 2. The summed E-state index contributed by atoms with van der Waals surface area (Å²) in [6.07, 6.45) is 0.485. The molecule has 1 rings (SSSR count). The lowest BCUT2D eigenvalue weighted by Crippen LogP contribution is -2.42. The highest BCUT2D eigenvalue weighted by Crippen LogP contribution is 2.16. The van der Waals surface area contributed by atoms with E-state index in [2.05, 4.69) is 20.6 Å². The largest absolute Gasteiger partial charge is 0.444 e. The van der Waals surface area contributed by atoms with Crippen LogP contribution in [0.2, 0.25) is 0 Å². The number of thiazole rings is 1. The predicted molar refractivity (Wildman–Crippen MR) is 108 cm³/mol. The van der Waals surface area contributed by atoms with Gasteiger partial charge in [0.2, 0.25) is 0 Å². The minimum Gasteiger partial charge on any atom is -0.444 e. The number of rotatable bonds is 6. The first-order chi connectivity index (χ1) is 12.0. The van der Waals surface area contributed by atoms with E-state index in [-0.39, 0.29) is 12.1 Å². The minimum absolute atomic E-state index is 0.0573. The summed E-state index contributed by atoms with van der Waals surface area (Å²) < 4.78 is 5.40. The average Bonchev–Trinajstić information content (AvgIpc) is 2.85. The summed E-state index contributed by atoms with van der Waals surface area (Å²) in [4.78, 5) is 23.6. The van der Waals surface area contributed by atoms with Gasteiger partial charge in [-0.25, -0.2) is 9.78 Å². The third kappa shape index (κ3) is 7.59. The molecule has 0 spiro atoms. The minimum atomic E-state index is -0.484. The Morgan fingerprint density at radius 1 is 1.35 bits per heavy atom. The van der Waals surface area contributed by atoms with Crippen LogP contribution >= 0.6 is 11.3 Å². The second-order valence-electron chi connectivity index (χ2n) is 7.32. The van der Waals surface area contributed by atoms with Gasteiger partial charge in [0.15, 0.2) is 5.96 Å². The Morgan fingerprint density at radius 3 is 2.50 bits per heavy atom. The van der Waals surface area contributed by atoms with Gasteiger partial charge in [-0.2, -0.15) is 0 Å². The quantitative estimate of drug-likeness (QED) is 0.583. The van der Waals surface area contributed by atoms with Gasteiger partial charge in [-0.3, -0.25) is 4.99 Å². The first kappa shape index (κ1) is 22.2. The van der Waals surface area contributed by atoms with Gasteiger partial charge >= 0.3 is 6.09 Å². The Balaban J connectivity index is 2.39. The number of aryl methyl sites for hydroxylation is 2. The van der Waals surface area contributed by atoms with E-state index in [4.69, 9.17) is 4.74 Å². The van der Waals surface area contributed by atoms with Crippen molar-refractivity contribution in [3.63, 3.8) is 0 Å². The van der Waals surface area contributed by atoms with Crippen molar-refractivity contribution in [2.45, 2.75) is 66.2 Å². The van der Waals surface area contributed by atoms with Crippen LogP contribution in [0.1, 0.15) is 49.7 Å². The van der Waals surface area contributed by atoms with Gasteiger partial charge in [-0.1, -0.05) is 0 Å². The van der Waals surface area contributed by atoms with E-state index in [1.165, 1.54) is 4.88 Å². The highest BCUT2D eigenvalue weighted by molar-refractivity contribution is 7.11. The molecule has 26 heavy (non-hydrogen) atoms. The van der Waals surface area contributed by atoms with Gasteiger partial charge in [0.25, 0.3) is 0 Å². The fourth-order valence-corrected chi connectivity index (χ4v) is 3.11. The maximum absolute atomic E-state index is 12.1. The highest BCUT2D eigenvalue weighted by Gasteiger charge is 2.22. The molecule has 0 aromatic carbocycles. The summed E-state index contributed by atoms with van der Waals surface area (Å²) in [7, 11) is 3.51. The number of hydrogen-bond donors (Lipinski definition) is 2. The van der Waals surface area contributed by atoms with E-state index in [0.717, 1.165) is 23.1 Å². The van der Waals surface area contributed by atoms with Crippen molar-refractivity contribution < 1.29 is 9.53 Å². The van der Waals surface area contributed by atoms with E-state index in [1.807, 2.05) is 41.5 Å². The lowest BCUT2D eigenvalue weighted by Gasteiger charge is -2.28. The molecule has 0 saturated carbocycles. The molecule has 1 unspecified atom stereocenters. The van der Waals surface area contributed by atoms with Crippen LogP contribution in [0.3, 0.4) is 0 Å². The molecule has 1 amide bonds. The zero-order chi connectivity index (χ0) is 19.9. The maximum Gasteiger partial charge on any atom is 0.410 e. The van der Waals surface area contributed by atoms with Crippen LogP contribution in [0, 0.1) is 13.8 Å². The molecule has 1 atom stereocenters. The summed E-state index contributed by atoms with van der Waals surface area (Å²) in [5, 5.41) is 7.65. The number of guanidine groups is 1. The Bertz CT molecular complexity index is 622. The molecule has 0 fully saturated rings. The third-order valence-corrected chi connectivity index (χ3v) is 4.91. The van der Waals surface area contributed by atoms with Crippen LogP contribution < -0.4 is 10.6 Å². The van der Waals surface area contributed by atoms with E-state index in [9.17, 15) is 4.79 Å². The number of hydrogen-bond acceptors (Lipinski definition) is 5. The van der Waals surface area contributed by atoms with Crippen LogP contribution in [0.15, 0.2) is 4.99 Å². The van der Waals surface area contributed by atoms with Gasteiger partial charge in [-0.15, -0.1) is 11.3 Å². The molecule has 0 aliphatic rings.